The van der Waals surface area contributed by atoms with Crippen LogP contribution in [0.1, 0.15) is 39.5 Å². The lowest BCUT2D eigenvalue weighted by molar-refractivity contribution is -0.122. The van der Waals surface area contributed by atoms with Crippen molar-refractivity contribution in [2.45, 2.75) is 45.6 Å². The standard InChI is InChI=1S/C13H26N2O3S/c1-10(2)6-11(8-14)7-13(16)15-12-4-3-5-19(17,18)9-12/h10-12H,3-9,14H2,1-2H3,(H,15,16)/t11-,12?/m0/s1. The Morgan fingerprint density at radius 2 is 2.11 bits per heavy atom. The van der Waals surface area contributed by atoms with Crippen LogP contribution in [0.3, 0.4) is 0 Å². The molecule has 1 aliphatic rings. The highest BCUT2D eigenvalue weighted by molar-refractivity contribution is 7.91. The number of nitrogens with two attached hydrogens (primary N) is 1. The summed E-state index contributed by atoms with van der Waals surface area (Å²) in [7, 11) is -2.97. The molecule has 1 fully saturated rings. The lowest BCUT2D eigenvalue weighted by atomic mass is 9.94. The molecule has 0 aliphatic carbocycles. The summed E-state index contributed by atoms with van der Waals surface area (Å²) in [5, 5.41) is 2.84. The van der Waals surface area contributed by atoms with Gasteiger partial charge in [-0.3, -0.25) is 4.79 Å². The fraction of sp³-hybridized carbons (Fsp3) is 0.923. The molecular weight excluding hydrogens is 264 g/mol. The number of nitrogens with one attached hydrogen (secondary N) is 1. The molecule has 1 aliphatic heterocycles. The molecule has 1 unspecified atom stereocenters. The summed E-state index contributed by atoms with van der Waals surface area (Å²) in [5.41, 5.74) is 5.67. The minimum Gasteiger partial charge on any atom is -0.352 e. The molecule has 0 aromatic rings. The molecule has 1 heterocycles. The van der Waals surface area contributed by atoms with Crippen molar-refractivity contribution < 1.29 is 13.2 Å². The molecule has 1 amide bonds. The smallest absolute Gasteiger partial charge is 0.220 e. The highest BCUT2D eigenvalue weighted by Crippen LogP contribution is 2.16. The van der Waals surface area contributed by atoms with Gasteiger partial charge in [-0.05, 0) is 37.6 Å². The third kappa shape index (κ3) is 6.38. The lowest BCUT2D eigenvalue weighted by Gasteiger charge is -2.24. The van der Waals surface area contributed by atoms with E-state index in [0.717, 1.165) is 12.8 Å². The summed E-state index contributed by atoms with van der Waals surface area (Å²) in [6, 6.07) is -0.219. The van der Waals surface area contributed by atoms with Crippen LogP contribution in [0.4, 0.5) is 0 Å². The van der Waals surface area contributed by atoms with Gasteiger partial charge in [-0.1, -0.05) is 13.8 Å². The van der Waals surface area contributed by atoms with Gasteiger partial charge in [-0.25, -0.2) is 8.42 Å². The van der Waals surface area contributed by atoms with Crippen LogP contribution in [-0.4, -0.2) is 38.4 Å². The van der Waals surface area contributed by atoms with E-state index in [1.165, 1.54) is 0 Å². The Morgan fingerprint density at radius 3 is 2.63 bits per heavy atom. The van der Waals surface area contributed by atoms with Crippen molar-refractivity contribution in [1.82, 2.24) is 5.32 Å². The Morgan fingerprint density at radius 1 is 1.42 bits per heavy atom. The third-order valence-electron chi connectivity index (χ3n) is 3.44. The summed E-state index contributed by atoms with van der Waals surface area (Å²) in [5.74, 6) is 0.948. The molecule has 0 bridgehead atoms. The van der Waals surface area contributed by atoms with E-state index < -0.39 is 9.84 Å². The topological polar surface area (TPSA) is 89.3 Å². The van der Waals surface area contributed by atoms with Gasteiger partial charge in [0.2, 0.25) is 5.91 Å². The Bertz CT molecular complexity index is 393. The Balaban J connectivity index is 2.41. The second-order valence-corrected chi connectivity index (χ2v) is 8.19. The zero-order valence-electron chi connectivity index (χ0n) is 11.9. The van der Waals surface area contributed by atoms with E-state index in [0.29, 0.717) is 25.3 Å². The van der Waals surface area contributed by atoms with Crippen molar-refractivity contribution in [3.8, 4) is 0 Å². The van der Waals surface area contributed by atoms with E-state index in [1.54, 1.807) is 0 Å². The number of carbonyl (C=O) groups is 1. The summed E-state index contributed by atoms with van der Waals surface area (Å²) >= 11 is 0. The average Bonchev–Trinajstić information content (AvgIpc) is 2.25. The van der Waals surface area contributed by atoms with Crippen LogP contribution in [0.5, 0.6) is 0 Å². The van der Waals surface area contributed by atoms with Gasteiger partial charge in [-0.15, -0.1) is 0 Å². The van der Waals surface area contributed by atoms with Gasteiger partial charge >= 0.3 is 0 Å². The highest BCUT2D eigenvalue weighted by Gasteiger charge is 2.26. The molecule has 0 spiro atoms. The SMILES string of the molecule is CC(C)C[C@H](CN)CC(=O)NC1CCCS(=O)(=O)C1. The maximum Gasteiger partial charge on any atom is 0.220 e. The van der Waals surface area contributed by atoms with Crippen molar-refractivity contribution in [3.05, 3.63) is 0 Å². The minimum atomic E-state index is -2.97. The Hall–Kier alpha value is -0.620. The summed E-state index contributed by atoms with van der Waals surface area (Å²) in [6.45, 7) is 4.71. The molecule has 112 valence electrons. The van der Waals surface area contributed by atoms with Gasteiger partial charge in [0.05, 0.1) is 11.5 Å². The van der Waals surface area contributed by atoms with E-state index in [1.807, 2.05) is 0 Å². The zero-order valence-corrected chi connectivity index (χ0v) is 12.7. The van der Waals surface area contributed by atoms with Gasteiger partial charge in [-0.2, -0.15) is 0 Å². The molecule has 19 heavy (non-hydrogen) atoms. The molecule has 0 radical (unpaired) electrons. The second-order valence-electron chi connectivity index (χ2n) is 5.96. The fourth-order valence-corrected chi connectivity index (χ4v) is 4.25. The largest absolute Gasteiger partial charge is 0.352 e. The molecule has 0 aromatic heterocycles. The number of sulfone groups is 1. The number of amides is 1. The lowest BCUT2D eigenvalue weighted by Crippen LogP contribution is -2.44. The monoisotopic (exact) mass is 290 g/mol. The first-order valence-electron chi connectivity index (χ1n) is 7.02. The molecule has 6 heteroatoms. The second kappa shape index (κ2) is 7.24. The van der Waals surface area contributed by atoms with E-state index in [-0.39, 0.29) is 29.4 Å². The van der Waals surface area contributed by atoms with Crippen molar-refractivity contribution >= 4 is 15.7 Å². The normalized spacial score (nSPS) is 24.1. The molecule has 1 rings (SSSR count). The van der Waals surface area contributed by atoms with Crippen molar-refractivity contribution in [3.63, 3.8) is 0 Å². The van der Waals surface area contributed by atoms with E-state index in [4.69, 9.17) is 5.73 Å². The van der Waals surface area contributed by atoms with Crippen LogP contribution < -0.4 is 11.1 Å². The summed E-state index contributed by atoms with van der Waals surface area (Å²) in [6.07, 6.45) is 2.71. The van der Waals surface area contributed by atoms with Gasteiger partial charge < -0.3 is 11.1 Å². The molecule has 5 nitrogen and oxygen atoms in total. The summed E-state index contributed by atoms with van der Waals surface area (Å²) < 4.78 is 23.0. The average molecular weight is 290 g/mol. The molecule has 0 aromatic carbocycles. The van der Waals surface area contributed by atoms with Crippen LogP contribution >= 0.6 is 0 Å². The first kappa shape index (κ1) is 16.4. The van der Waals surface area contributed by atoms with Gasteiger partial charge in [0.1, 0.15) is 0 Å². The Labute approximate surface area is 116 Å². The maximum atomic E-state index is 11.9. The van der Waals surface area contributed by atoms with Crippen LogP contribution in [0.15, 0.2) is 0 Å². The van der Waals surface area contributed by atoms with Crippen LogP contribution in [-0.2, 0) is 14.6 Å². The number of rotatable bonds is 6. The van der Waals surface area contributed by atoms with Crippen LogP contribution in [0, 0.1) is 11.8 Å². The van der Waals surface area contributed by atoms with Gasteiger partial charge in [0.25, 0.3) is 0 Å². The predicted molar refractivity (Wildman–Crippen MR) is 76.4 cm³/mol. The molecule has 1 saturated heterocycles. The maximum absolute atomic E-state index is 11.9. The number of carbonyl (C=O) groups excluding carboxylic acids is 1. The number of hydrogen-bond acceptors (Lipinski definition) is 4. The Kier molecular flexibility index (Phi) is 6.26. The van der Waals surface area contributed by atoms with Crippen LogP contribution in [0.2, 0.25) is 0 Å². The van der Waals surface area contributed by atoms with E-state index in [2.05, 4.69) is 19.2 Å². The van der Waals surface area contributed by atoms with Crippen molar-refractivity contribution in [2.75, 3.05) is 18.1 Å². The zero-order chi connectivity index (χ0) is 14.5. The molecular formula is C13H26N2O3S. The minimum absolute atomic E-state index is 0.0711. The highest BCUT2D eigenvalue weighted by atomic mass is 32.2. The van der Waals surface area contributed by atoms with E-state index >= 15 is 0 Å². The first-order chi connectivity index (χ1) is 8.82. The molecule has 2 atom stereocenters. The molecule has 3 N–H and O–H groups in total. The quantitative estimate of drug-likeness (QED) is 0.753. The van der Waals surface area contributed by atoms with Crippen molar-refractivity contribution in [1.29, 1.82) is 0 Å². The van der Waals surface area contributed by atoms with Gasteiger partial charge in [0.15, 0.2) is 9.84 Å². The van der Waals surface area contributed by atoms with Crippen molar-refractivity contribution in [2.24, 2.45) is 17.6 Å². The molecule has 0 saturated carbocycles. The third-order valence-corrected chi connectivity index (χ3v) is 5.26. The first-order valence-corrected chi connectivity index (χ1v) is 8.84. The van der Waals surface area contributed by atoms with E-state index in [9.17, 15) is 13.2 Å². The predicted octanol–water partition coefficient (Wildman–Crippen LogP) is 0.691. The van der Waals surface area contributed by atoms with Crippen LogP contribution in [0.25, 0.3) is 0 Å². The summed E-state index contributed by atoms with van der Waals surface area (Å²) in [4.78, 5) is 11.9. The fourth-order valence-electron chi connectivity index (χ4n) is 2.62. The number of hydrogen-bond donors (Lipinski definition) is 2. The van der Waals surface area contributed by atoms with Gasteiger partial charge in [0, 0.05) is 12.5 Å².